The number of nitrogens with one attached hydrogen (secondary N) is 1. The number of nitrogen functional groups attached to an aromatic ring is 1. The molecule has 2 heterocycles. The highest BCUT2D eigenvalue weighted by Crippen LogP contribution is 2.15. The van der Waals surface area contributed by atoms with Gasteiger partial charge in [0.15, 0.2) is 11.2 Å². The molecule has 0 aliphatic heterocycles. The van der Waals surface area contributed by atoms with E-state index in [4.69, 9.17) is 10.5 Å². The lowest BCUT2D eigenvalue weighted by atomic mass is 10.0. The number of carbonyl (C=O) groups excluding carboxylic acids is 1. The fourth-order valence-electron chi connectivity index (χ4n) is 4.71. The number of aliphatic hydroxyl groups is 1. The van der Waals surface area contributed by atoms with Crippen molar-refractivity contribution in [2.45, 2.75) is 123 Å². The second-order valence-electron chi connectivity index (χ2n) is 10.2. The Bertz CT molecular complexity index is 942. The standard InChI is InChI=1S/C28H49N5O4/c1-2-3-4-5-6-7-8-9-10-11-12-13-14-15-16-17-24(35)37-21-23(18-19-34)20-33-27(36)25-26(31-22-30-25)32-28(33)29/h22-23,34H,2-21H2,1H3,(H2,29,32)(H,30,31). The molecule has 0 aromatic carbocycles. The highest BCUT2D eigenvalue weighted by atomic mass is 16.5. The van der Waals surface area contributed by atoms with Gasteiger partial charge >= 0.3 is 5.97 Å². The number of anilines is 1. The number of fused-ring (bicyclic) bond motifs is 1. The molecule has 0 spiro atoms. The molecule has 9 nitrogen and oxygen atoms in total. The minimum atomic E-state index is -0.327. The van der Waals surface area contributed by atoms with Crippen LogP contribution in [0.4, 0.5) is 5.95 Å². The van der Waals surface area contributed by atoms with Crippen LogP contribution in [0.2, 0.25) is 0 Å². The van der Waals surface area contributed by atoms with Gasteiger partial charge in [0, 0.05) is 25.5 Å². The summed E-state index contributed by atoms with van der Waals surface area (Å²) in [5.41, 5.74) is 6.17. The lowest BCUT2D eigenvalue weighted by Crippen LogP contribution is -2.30. The van der Waals surface area contributed by atoms with E-state index in [9.17, 15) is 14.7 Å². The van der Waals surface area contributed by atoms with Gasteiger partial charge in [-0.05, 0) is 12.8 Å². The van der Waals surface area contributed by atoms with E-state index in [2.05, 4.69) is 21.9 Å². The van der Waals surface area contributed by atoms with Gasteiger partial charge < -0.3 is 20.6 Å². The summed E-state index contributed by atoms with van der Waals surface area (Å²) < 4.78 is 6.79. The Hall–Kier alpha value is -2.42. The summed E-state index contributed by atoms with van der Waals surface area (Å²) in [6.45, 7) is 2.53. The maximum Gasteiger partial charge on any atom is 0.305 e. The van der Waals surface area contributed by atoms with Crippen molar-refractivity contribution < 1.29 is 14.6 Å². The molecule has 4 N–H and O–H groups in total. The van der Waals surface area contributed by atoms with E-state index in [0.29, 0.717) is 12.8 Å². The van der Waals surface area contributed by atoms with Crippen molar-refractivity contribution in [2.24, 2.45) is 5.92 Å². The number of ether oxygens (including phenoxy) is 1. The number of hydrogen-bond acceptors (Lipinski definition) is 7. The normalized spacial score (nSPS) is 12.3. The van der Waals surface area contributed by atoms with Gasteiger partial charge in [0.1, 0.15) is 0 Å². The van der Waals surface area contributed by atoms with Gasteiger partial charge in [0.05, 0.1) is 12.9 Å². The maximum atomic E-state index is 12.7. The van der Waals surface area contributed by atoms with Crippen LogP contribution in [-0.4, -0.2) is 43.8 Å². The molecule has 210 valence electrons. The number of aromatic nitrogens is 4. The molecule has 1 unspecified atom stereocenters. The lowest BCUT2D eigenvalue weighted by molar-refractivity contribution is -0.145. The number of rotatable bonds is 22. The maximum absolute atomic E-state index is 12.7. The average molecular weight is 520 g/mol. The SMILES string of the molecule is CCCCCCCCCCCCCCCCCC(=O)OCC(CCO)Cn1c(N)nc2nc[nH]c2c1=O. The topological polar surface area (TPSA) is 136 Å². The van der Waals surface area contributed by atoms with Gasteiger partial charge in [0.2, 0.25) is 5.95 Å². The molecule has 0 aliphatic rings. The van der Waals surface area contributed by atoms with Crippen LogP contribution in [0.15, 0.2) is 11.1 Å². The Balaban J connectivity index is 1.52. The van der Waals surface area contributed by atoms with Gasteiger partial charge in [0.25, 0.3) is 5.56 Å². The lowest BCUT2D eigenvalue weighted by Gasteiger charge is -2.18. The summed E-state index contributed by atoms with van der Waals surface area (Å²) in [5, 5.41) is 9.42. The average Bonchev–Trinajstić information content (AvgIpc) is 3.36. The van der Waals surface area contributed by atoms with Gasteiger partial charge in [-0.2, -0.15) is 4.98 Å². The smallest absolute Gasteiger partial charge is 0.305 e. The van der Waals surface area contributed by atoms with E-state index in [-0.39, 0.29) is 54.3 Å². The Kier molecular flexibility index (Phi) is 15.6. The molecule has 37 heavy (non-hydrogen) atoms. The molecule has 0 amide bonds. The molecule has 0 aliphatic carbocycles. The summed E-state index contributed by atoms with van der Waals surface area (Å²) >= 11 is 0. The van der Waals surface area contributed by atoms with Crippen molar-refractivity contribution in [3.05, 3.63) is 16.7 Å². The van der Waals surface area contributed by atoms with Gasteiger partial charge in [-0.1, -0.05) is 96.8 Å². The first-order valence-electron chi connectivity index (χ1n) is 14.5. The molecule has 2 rings (SSSR count). The summed E-state index contributed by atoms with van der Waals surface area (Å²) in [6, 6.07) is 0. The predicted molar refractivity (Wildman–Crippen MR) is 148 cm³/mol. The zero-order valence-corrected chi connectivity index (χ0v) is 22.9. The predicted octanol–water partition coefficient (Wildman–Crippen LogP) is 5.51. The van der Waals surface area contributed by atoms with E-state index in [0.717, 1.165) is 19.3 Å². The molecule has 0 radical (unpaired) electrons. The van der Waals surface area contributed by atoms with Crippen molar-refractivity contribution in [1.29, 1.82) is 0 Å². The molecule has 2 aromatic rings. The zero-order valence-electron chi connectivity index (χ0n) is 22.9. The third-order valence-electron chi connectivity index (χ3n) is 7.02. The fraction of sp³-hybridized carbons (Fsp3) is 0.786. The Labute approximate surface area is 221 Å². The second kappa shape index (κ2) is 18.8. The number of aromatic amines is 1. The van der Waals surface area contributed by atoms with Crippen LogP contribution in [0, 0.1) is 5.92 Å². The summed E-state index contributed by atoms with van der Waals surface area (Å²) in [7, 11) is 0. The number of hydrogen-bond donors (Lipinski definition) is 3. The van der Waals surface area contributed by atoms with E-state index >= 15 is 0 Å². The largest absolute Gasteiger partial charge is 0.465 e. The monoisotopic (exact) mass is 519 g/mol. The molecule has 9 heteroatoms. The summed E-state index contributed by atoms with van der Waals surface area (Å²) in [6.07, 6.45) is 21.4. The van der Waals surface area contributed by atoms with Crippen LogP contribution < -0.4 is 11.3 Å². The number of carbonyl (C=O) groups is 1. The highest BCUT2D eigenvalue weighted by molar-refractivity contribution is 5.70. The molecule has 2 aromatic heterocycles. The Morgan fingerprint density at radius 3 is 2.14 bits per heavy atom. The first-order valence-corrected chi connectivity index (χ1v) is 14.5. The number of H-pyrrole nitrogens is 1. The van der Waals surface area contributed by atoms with Crippen LogP contribution in [0.5, 0.6) is 0 Å². The van der Waals surface area contributed by atoms with Crippen LogP contribution >= 0.6 is 0 Å². The van der Waals surface area contributed by atoms with E-state index < -0.39 is 0 Å². The third-order valence-corrected chi connectivity index (χ3v) is 7.02. The molecule has 0 bridgehead atoms. The number of imidazole rings is 1. The number of unbranched alkanes of at least 4 members (excludes halogenated alkanes) is 14. The molecule has 0 saturated carbocycles. The molecular weight excluding hydrogens is 470 g/mol. The third kappa shape index (κ3) is 12.1. The fourth-order valence-corrected chi connectivity index (χ4v) is 4.71. The molecule has 0 fully saturated rings. The van der Waals surface area contributed by atoms with Crippen molar-refractivity contribution in [2.75, 3.05) is 18.9 Å². The number of esters is 1. The number of nitrogens with zero attached hydrogens (tertiary/aromatic N) is 3. The minimum Gasteiger partial charge on any atom is -0.465 e. The van der Waals surface area contributed by atoms with Gasteiger partial charge in [-0.15, -0.1) is 0 Å². The molecule has 0 saturated heterocycles. The molecular formula is C28H49N5O4. The molecule has 1 atom stereocenters. The summed E-state index contributed by atoms with van der Waals surface area (Å²) in [5.74, 6) is -0.422. The Morgan fingerprint density at radius 2 is 1.57 bits per heavy atom. The second-order valence-corrected chi connectivity index (χ2v) is 10.2. The Morgan fingerprint density at radius 1 is 1.00 bits per heavy atom. The summed E-state index contributed by atoms with van der Waals surface area (Å²) in [4.78, 5) is 35.7. The van der Waals surface area contributed by atoms with Crippen LogP contribution in [-0.2, 0) is 16.1 Å². The highest BCUT2D eigenvalue weighted by Gasteiger charge is 2.17. The first-order chi connectivity index (χ1) is 18.1. The minimum absolute atomic E-state index is 0.0525. The van der Waals surface area contributed by atoms with E-state index in [1.165, 1.54) is 87.9 Å². The number of nitrogens with two attached hydrogens (primary N) is 1. The van der Waals surface area contributed by atoms with Crippen molar-refractivity contribution >= 4 is 23.1 Å². The van der Waals surface area contributed by atoms with Crippen LogP contribution in [0.1, 0.15) is 116 Å². The van der Waals surface area contributed by atoms with Crippen LogP contribution in [0.3, 0.4) is 0 Å². The van der Waals surface area contributed by atoms with Crippen molar-refractivity contribution in [3.63, 3.8) is 0 Å². The van der Waals surface area contributed by atoms with Gasteiger partial charge in [-0.3, -0.25) is 14.2 Å². The van der Waals surface area contributed by atoms with E-state index in [1.807, 2.05) is 0 Å². The van der Waals surface area contributed by atoms with Crippen molar-refractivity contribution in [1.82, 2.24) is 19.5 Å². The number of aliphatic hydroxyl groups excluding tert-OH is 1. The quantitative estimate of drug-likeness (QED) is 0.138. The van der Waals surface area contributed by atoms with Crippen LogP contribution in [0.25, 0.3) is 11.2 Å². The first kappa shape index (κ1) is 30.8. The van der Waals surface area contributed by atoms with E-state index in [1.54, 1.807) is 0 Å². The van der Waals surface area contributed by atoms with Crippen molar-refractivity contribution in [3.8, 4) is 0 Å². The van der Waals surface area contributed by atoms with Gasteiger partial charge in [-0.25, -0.2) is 4.98 Å². The zero-order chi connectivity index (χ0) is 26.7.